The average Bonchev–Trinajstić information content (AvgIpc) is 2.96. The molecule has 3 N–H and O–H groups in total. The zero-order valence-corrected chi connectivity index (χ0v) is 22.0. The Balaban J connectivity index is 1.55. The summed E-state index contributed by atoms with van der Waals surface area (Å²) in [5, 5.41) is 13.7. The second kappa shape index (κ2) is 12.4. The van der Waals surface area contributed by atoms with Crippen LogP contribution in [0.1, 0.15) is 52.0 Å². The molecule has 0 aliphatic heterocycles. The van der Waals surface area contributed by atoms with Crippen molar-refractivity contribution in [2.24, 2.45) is 5.73 Å². The number of nitro groups is 1. The molecule has 3 aromatic rings. The minimum atomic E-state index is -0.514. The van der Waals surface area contributed by atoms with Gasteiger partial charge in [0.15, 0.2) is 11.5 Å². The van der Waals surface area contributed by atoms with Crippen molar-refractivity contribution in [2.45, 2.75) is 44.3 Å². The maximum Gasteiger partial charge on any atom is 0.269 e. The van der Waals surface area contributed by atoms with E-state index in [-0.39, 0.29) is 29.6 Å². The van der Waals surface area contributed by atoms with E-state index in [1.807, 2.05) is 23.1 Å². The van der Waals surface area contributed by atoms with Crippen LogP contribution in [0.15, 0.2) is 66.7 Å². The van der Waals surface area contributed by atoms with E-state index in [1.54, 1.807) is 31.4 Å². The Morgan fingerprint density at radius 2 is 1.62 bits per heavy atom. The van der Waals surface area contributed by atoms with Crippen LogP contribution < -0.4 is 20.5 Å². The van der Waals surface area contributed by atoms with Gasteiger partial charge < -0.3 is 25.4 Å². The molecular weight excluding hydrogens is 500 g/mol. The van der Waals surface area contributed by atoms with Crippen molar-refractivity contribution in [2.75, 3.05) is 19.5 Å². The highest BCUT2D eigenvalue weighted by molar-refractivity contribution is 6.04. The van der Waals surface area contributed by atoms with E-state index in [1.165, 1.54) is 31.4 Å². The van der Waals surface area contributed by atoms with Gasteiger partial charge in [0.2, 0.25) is 0 Å². The lowest BCUT2D eigenvalue weighted by Gasteiger charge is -2.36. The minimum Gasteiger partial charge on any atom is -0.493 e. The maximum absolute atomic E-state index is 13.8. The predicted molar refractivity (Wildman–Crippen MR) is 147 cm³/mol. The molecule has 10 nitrogen and oxygen atoms in total. The number of benzene rings is 3. The van der Waals surface area contributed by atoms with Crippen LogP contribution in [0.25, 0.3) is 0 Å². The van der Waals surface area contributed by atoms with Crippen molar-refractivity contribution in [3.05, 3.63) is 93.5 Å². The molecule has 1 aliphatic carbocycles. The average molecular weight is 533 g/mol. The second-order valence-electron chi connectivity index (χ2n) is 9.53. The summed E-state index contributed by atoms with van der Waals surface area (Å²) >= 11 is 0. The Labute approximate surface area is 226 Å². The molecule has 1 saturated carbocycles. The zero-order chi connectivity index (χ0) is 27.9. The maximum atomic E-state index is 13.8. The topological polar surface area (TPSA) is 137 Å². The normalized spacial score (nSPS) is 16.7. The standard InChI is InChI=1S/C29H32N4O6/c1-38-26-15-8-21(17-27(26)39-2)29(35)32(24-13-9-22(30)10-14-24)18-19-4-3-5-23(16-19)31-28(34)20-6-11-25(12-7-20)33(36)37/h3-8,11-12,15-17,22,24H,9-10,13-14,18,30H2,1-2H3,(H,31,34). The molecule has 0 radical (unpaired) electrons. The lowest BCUT2D eigenvalue weighted by atomic mass is 9.90. The number of carbonyl (C=O) groups is 2. The Hall–Kier alpha value is -4.44. The van der Waals surface area contributed by atoms with Gasteiger partial charge in [-0.25, -0.2) is 0 Å². The number of nitrogens with zero attached hydrogens (tertiary/aromatic N) is 2. The fourth-order valence-electron chi connectivity index (χ4n) is 4.80. The van der Waals surface area contributed by atoms with E-state index in [2.05, 4.69) is 5.32 Å². The summed E-state index contributed by atoms with van der Waals surface area (Å²) in [6, 6.07) is 18.0. The Morgan fingerprint density at radius 3 is 2.26 bits per heavy atom. The molecule has 1 fully saturated rings. The van der Waals surface area contributed by atoms with Gasteiger partial charge in [-0.2, -0.15) is 0 Å². The predicted octanol–water partition coefficient (Wildman–Crippen LogP) is 4.78. The third-order valence-corrected chi connectivity index (χ3v) is 6.95. The van der Waals surface area contributed by atoms with Gasteiger partial charge in [-0.3, -0.25) is 19.7 Å². The molecule has 204 valence electrons. The third kappa shape index (κ3) is 6.71. The number of nitro benzene ring substituents is 1. The number of hydrogen-bond donors (Lipinski definition) is 2. The van der Waals surface area contributed by atoms with E-state index in [0.29, 0.717) is 34.9 Å². The molecule has 39 heavy (non-hydrogen) atoms. The van der Waals surface area contributed by atoms with Crippen LogP contribution in [0.3, 0.4) is 0 Å². The van der Waals surface area contributed by atoms with Crippen LogP contribution in [0.4, 0.5) is 11.4 Å². The summed E-state index contributed by atoms with van der Waals surface area (Å²) < 4.78 is 10.7. The van der Waals surface area contributed by atoms with Crippen LogP contribution in [-0.2, 0) is 6.54 Å². The van der Waals surface area contributed by atoms with Crippen LogP contribution in [-0.4, -0.2) is 47.9 Å². The number of hydrogen-bond acceptors (Lipinski definition) is 7. The van der Waals surface area contributed by atoms with E-state index in [4.69, 9.17) is 15.2 Å². The van der Waals surface area contributed by atoms with Gasteiger partial charge in [0.25, 0.3) is 17.5 Å². The van der Waals surface area contributed by atoms with Crippen molar-refractivity contribution < 1.29 is 24.0 Å². The highest BCUT2D eigenvalue weighted by Gasteiger charge is 2.29. The number of amides is 2. The molecule has 0 spiro atoms. The first-order valence-electron chi connectivity index (χ1n) is 12.7. The van der Waals surface area contributed by atoms with Gasteiger partial charge in [-0.15, -0.1) is 0 Å². The monoisotopic (exact) mass is 532 g/mol. The Morgan fingerprint density at radius 1 is 0.949 bits per heavy atom. The molecule has 0 atom stereocenters. The molecule has 0 aromatic heterocycles. The Kier molecular flexibility index (Phi) is 8.77. The summed E-state index contributed by atoms with van der Waals surface area (Å²) in [6.07, 6.45) is 3.28. The number of carbonyl (C=O) groups excluding carboxylic acids is 2. The largest absolute Gasteiger partial charge is 0.493 e. The number of methoxy groups -OCH3 is 2. The number of nitrogens with two attached hydrogens (primary N) is 1. The van der Waals surface area contributed by atoms with Gasteiger partial charge in [0.05, 0.1) is 19.1 Å². The van der Waals surface area contributed by atoms with Gasteiger partial charge >= 0.3 is 0 Å². The van der Waals surface area contributed by atoms with Crippen molar-refractivity contribution >= 4 is 23.2 Å². The van der Waals surface area contributed by atoms with Crippen molar-refractivity contribution in [3.63, 3.8) is 0 Å². The first-order valence-corrected chi connectivity index (χ1v) is 12.7. The highest BCUT2D eigenvalue weighted by Crippen LogP contribution is 2.31. The molecule has 0 heterocycles. The van der Waals surface area contributed by atoms with Crippen LogP contribution in [0.5, 0.6) is 11.5 Å². The van der Waals surface area contributed by atoms with Gasteiger partial charge in [-0.05, 0) is 73.7 Å². The molecule has 0 saturated heterocycles. The first kappa shape index (κ1) is 27.6. The summed E-state index contributed by atoms with van der Waals surface area (Å²) in [5.41, 5.74) is 8.24. The third-order valence-electron chi connectivity index (χ3n) is 6.95. The number of anilines is 1. The quantitative estimate of drug-likeness (QED) is 0.299. The molecule has 0 unspecified atom stereocenters. The molecule has 2 amide bonds. The van der Waals surface area contributed by atoms with E-state index in [0.717, 1.165) is 31.2 Å². The van der Waals surface area contributed by atoms with Crippen LogP contribution in [0, 0.1) is 10.1 Å². The van der Waals surface area contributed by atoms with Crippen molar-refractivity contribution in [3.8, 4) is 11.5 Å². The van der Waals surface area contributed by atoms with E-state index >= 15 is 0 Å². The highest BCUT2D eigenvalue weighted by atomic mass is 16.6. The number of nitrogens with one attached hydrogen (secondary N) is 1. The Bertz CT molecular complexity index is 1340. The summed E-state index contributed by atoms with van der Waals surface area (Å²) in [6.45, 7) is 0.342. The number of ether oxygens (including phenoxy) is 2. The van der Waals surface area contributed by atoms with Crippen molar-refractivity contribution in [1.29, 1.82) is 0 Å². The second-order valence-corrected chi connectivity index (χ2v) is 9.53. The van der Waals surface area contributed by atoms with Crippen molar-refractivity contribution in [1.82, 2.24) is 4.90 Å². The lowest BCUT2D eigenvalue weighted by molar-refractivity contribution is -0.384. The summed E-state index contributed by atoms with van der Waals surface area (Å²) in [7, 11) is 3.08. The summed E-state index contributed by atoms with van der Waals surface area (Å²) in [5.74, 6) is 0.504. The fourth-order valence-corrected chi connectivity index (χ4v) is 4.80. The number of rotatable bonds is 9. The molecule has 1 aliphatic rings. The molecule has 4 rings (SSSR count). The van der Waals surface area contributed by atoms with E-state index < -0.39 is 4.92 Å². The van der Waals surface area contributed by atoms with Crippen LogP contribution in [0.2, 0.25) is 0 Å². The molecule has 0 bridgehead atoms. The molecule has 10 heteroatoms. The lowest BCUT2D eigenvalue weighted by Crippen LogP contribution is -2.43. The summed E-state index contributed by atoms with van der Waals surface area (Å²) in [4.78, 5) is 38.8. The van der Waals surface area contributed by atoms with E-state index in [9.17, 15) is 19.7 Å². The van der Waals surface area contributed by atoms with Crippen LogP contribution >= 0.6 is 0 Å². The first-order chi connectivity index (χ1) is 18.8. The fraction of sp³-hybridized carbons (Fsp3) is 0.310. The van der Waals surface area contributed by atoms with Gasteiger partial charge in [0.1, 0.15) is 0 Å². The SMILES string of the molecule is COc1ccc(C(=O)N(Cc2cccc(NC(=O)c3ccc([N+](=O)[O-])cc3)c2)C2CCC(N)CC2)cc1OC. The molecular formula is C29H32N4O6. The number of non-ortho nitro benzene ring substituents is 1. The minimum absolute atomic E-state index is 0.0174. The molecule has 3 aromatic carbocycles. The van der Waals surface area contributed by atoms with Gasteiger partial charge in [0, 0.05) is 47.6 Å². The van der Waals surface area contributed by atoms with Gasteiger partial charge in [-0.1, -0.05) is 12.1 Å². The smallest absolute Gasteiger partial charge is 0.269 e. The zero-order valence-electron chi connectivity index (χ0n) is 22.0.